The summed E-state index contributed by atoms with van der Waals surface area (Å²) in [6.45, 7) is 4.28. The van der Waals surface area contributed by atoms with Crippen LogP contribution in [0.15, 0.2) is 71.8 Å². The third kappa shape index (κ3) is 7.30. The largest absolute Gasteiger partial charge is 0.477 e. The van der Waals surface area contributed by atoms with Crippen LogP contribution in [0, 0.1) is 5.92 Å². The van der Waals surface area contributed by atoms with E-state index in [0.717, 1.165) is 29.6 Å². The Morgan fingerprint density at radius 2 is 1.95 bits per heavy atom. The Kier molecular flexibility index (Phi) is 10.1. The average Bonchev–Trinajstić information content (AvgIpc) is 3.35. The van der Waals surface area contributed by atoms with E-state index in [1.54, 1.807) is 42.3 Å². The summed E-state index contributed by atoms with van der Waals surface area (Å²) in [5.41, 5.74) is 8.42. The van der Waals surface area contributed by atoms with Gasteiger partial charge in [0, 0.05) is 35.5 Å². The number of aliphatic carboxylic acids is 1. The van der Waals surface area contributed by atoms with Gasteiger partial charge in [-0.05, 0) is 42.7 Å². The molecule has 3 heterocycles. The van der Waals surface area contributed by atoms with E-state index in [-0.39, 0.29) is 11.3 Å². The van der Waals surface area contributed by atoms with Crippen molar-refractivity contribution in [2.45, 2.75) is 39.2 Å². The van der Waals surface area contributed by atoms with Crippen LogP contribution >= 0.6 is 11.6 Å². The van der Waals surface area contributed by atoms with Gasteiger partial charge in [0.05, 0.1) is 53.2 Å². The summed E-state index contributed by atoms with van der Waals surface area (Å²) >= 11 is 6.27. The maximum Gasteiger partial charge on any atom is 0.353 e. The molecule has 0 radical (unpaired) electrons. The molecular formula is C30H34ClN9O4. The van der Waals surface area contributed by atoms with Crippen LogP contribution in [-0.2, 0) is 16.6 Å². The molecule has 0 bridgehead atoms. The highest BCUT2D eigenvalue weighted by Crippen LogP contribution is 2.33. The van der Waals surface area contributed by atoms with Crippen molar-refractivity contribution in [3.8, 4) is 22.5 Å². The van der Waals surface area contributed by atoms with Gasteiger partial charge in [0.25, 0.3) is 5.56 Å². The zero-order valence-electron chi connectivity index (χ0n) is 24.5. The first-order chi connectivity index (χ1) is 21.0. The molecule has 6 N–H and O–H groups in total. The van der Waals surface area contributed by atoms with E-state index in [4.69, 9.17) is 28.3 Å². The molecule has 1 aromatic carbocycles. The number of benzene rings is 1. The minimum Gasteiger partial charge on any atom is -0.477 e. The summed E-state index contributed by atoms with van der Waals surface area (Å²) in [5, 5.41) is 17.5. The fraction of sp³-hybridized carbons (Fsp3) is 0.267. The van der Waals surface area contributed by atoms with Crippen molar-refractivity contribution in [1.82, 2.24) is 24.3 Å². The van der Waals surface area contributed by atoms with Crippen molar-refractivity contribution in [3.05, 3.63) is 88.1 Å². The Labute approximate surface area is 258 Å². The molecule has 0 saturated heterocycles. The molecular weight excluding hydrogens is 586 g/mol. The lowest BCUT2D eigenvalue weighted by Gasteiger charge is -2.22. The Morgan fingerprint density at radius 1 is 1.18 bits per heavy atom. The van der Waals surface area contributed by atoms with Crippen molar-refractivity contribution >= 4 is 35.4 Å². The van der Waals surface area contributed by atoms with Gasteiger partial charge in [-0.1, -0.05) is 38.3 Å². The second-order valence-corrected chi connectivity index (χ2v) is 11.0. The Morgan fingerprint density at radius 3 is 2.64 bits per heavy atom. The fourth-order valence-electron chi connectivity index (χ4n) is 4.88. The van der Waals surface area contributed by atoms with E-state index in [0.29, 0.717) is 52.1 Å². The van der Waals surface area contributed by atoms with Crippen LogP contribution in [0.4, 0.5) is 11.4 Å². The highest BCUT2D eigenvalue weighted by atomic mass is 35.5. The van der Waals surface area contributed by atoms with Crippen LogP contribution in [0.3, 0.4) is 0 Å². The number of halogens is 1. The summed E-state index contributed by atoms with van der Waals surface area (Å²) < 4.78 is 3.19. The van der Waals surface area contributed by atoms with E-state index in [9.17, 15) is 14.4 Å². The second-order valence-electron chi connectivity index (χ2n) is 10.6. The second kappa shape index (κ2) is 14.0. The first-order valence-corrected chi connectivity index (χ1v) is 14.2. The highest BCUT2D eigenvalue weighted by Gasteiger charge is 2.21. The van der Waals surface area contributed by atoms with E-state index in [1.165, 1.54) is 17.0 Å². The van der Waals surface area contributed by atoms with Crippen molar-refractivity contribution in [1.29, 1.82) is 0 Å². The van der Waals surface area contributed by atoms with Gasteiger partial charge < -0.3 is 16.2 Å². The number of carboxylic acid groups (broad SMARTS) is 1. The first kappa shape index (κ1) is 31.9. The van der Waals surface area contributed by atoms with Crippen molar-refractivity contribution in [2.75, 3.05) is 10.3 Å². The molecule has 1 amide bonds. The number of hydrogen-bond donors (Lipinski definition) is 4. The van der Waals surface area contributed by atoms with Crippen molar-refractivity contribution < 1.29 is 14.7 Å². The van der Waals surface area contributed by atoms with Gasteiger partial charge in [0.1, 0.15) is 5.70 Å². The minimum atomic E-state index is -1.34. The lowest BCUT2D eigenvalue weighted by atomic mass is 9.99. The molecule has 0 spiro atoms. The summed E-state index contributed by atoms with van der Waals surface area (Å²) in [7, 11) is 1.77. The molecule has 13 nitrogen and oxygen atoms in total. The van der Waals surface area contributed by atoms with E-state index in [2.05, 4.69) is 34.2 Å². The summed E-state index contributed by atoms with van der Waals surface area (Å²) in [4.78, 5) is 45.3. The molecule has 0 aliphatic heterocycles. The third-order valence-electron chi connectivity index (χ3n) is 7.02. The van der Waals surface area contributed by atoms with Crippen LogP contribution in [0.25, 0.3) is 22.5 Å². The van der Waals surface area contributed by atoms with Gasteiger partial charge in [-0.2, -0.15) is 5.10 Å². The molecule has 0 aliphatic carbocycles. The first-order valence-electron chi connectivity index (χ1n) is 13.8. The number of anilines is 2. The van der Waals surface area contributed by atoms with E-state index in [1.807, 2.05) is 12.1 Å². The third-order valence-corrected chi connectivity index (χ3v) is 7.25. The molecule has 0 fully saturated rings. The number of hydrazine groups is 1. The zero-order valence-corrected chi connectivity index (χ0v) is 25.3. The van der Waals surface area contributed by atoms with Gasteiger partial charge in [0.2, 0.25) is 6.41 Å². The Hall–Kier alpha value is -5.01. The number of carbonyl (C=O) groups excluding carboxylic acids is 1. The number of hydrogen-bond acceptors (Lipinski definition) is 9. The molecule has 4 rings (SSSR count). The smallest absolute Gasteiger partial charge is 0.353 e. The fourth-order valence-corrected chi connectivity index (χ4v) is 5.05. The SMILES string of the molecule is CC(C)CCCC(c1cc(-c2c(NC=O)cnn2C)ccn1)n1cnc(-c2cc(Cl)ccc2N(N)/C=C(\N)C(=O)O)cc1=O. The highest BCUT2D eigenvalue weighted by molar-refractivity contribution is 6.31. The topological polar surface area (TPSA) is 187 Å². The molecule has 0 saturated carbocycles. The van der Waals surface area contributed by atoms with Crippen LogP contribution in [0.5, 0.6) is 0 Å². The number of carboxylic acids is 1. The molecule has 0 aliphatic rings. The number of nitrogens with zero attached hydrogens (tertiary/aromatic N) is 6. The lowest BCUT2D eigenvalue weighted by molar-refractivity contribution is -0.132. The Balaban J connectivity index is 1.78. The van der Waals surface area contributed by atoms with E-state index >= 15 is 0 Å². The van der Waals surface area contributed by atoms with Crippen LogP contribution < -0.4 is 27.5 Å². The monoisotopic (exact) mass is 619 g/mol. The number of nitrogens with two attached hydrogens (primary N) is 2. The quantitative estimate of drug-likeness (QED) is 0.0739. The molecule has 4 aromatic rings. The van der Waals surface area contributed by atoms with Gasteiger partial charge >= 0.3 is 5.97 Å². The molecule has 14 heteroatoms. The van der Waals surface area contributed by atoms with Gasteiger partial charge in [-0.25, -0.2) is 15.6 Å². The lowest BCUT2D eigenvalue weighted by Crippen LogP contribution is -2.29. The summed E-state index contributed by atoms with van der Waals surface area (Å²) in [5.74, 6) is 5.25. The van der Waals surface area contributed by atoms with Crippen LogP contribution in [0.2, 0.25) is 5.02 Å². The number of nitrogens with one attached hydrogen (secondary N) is 1. The predicted molar refractivity (Wildman–Crippen MR) is 168 cm³/mol. The van der Waals surface area contributed by atoms with Crippen molar-refractivity contribution in [2.24, 2.45) is 24.5 Å². The zero-order chi connectivity index (χ0) is 32.0. The normalized spacial score (nSPS) is 12.3. The Bertz CT molecular complexity index is 1750. The molecule has 44 heavy (non-hydrogen) atoms. The minimum absolute atomic E-state index is 0.281. The number of carbonyl (C=O) groups is 2. The standard InChI is InChI=1S/C30H34ClN9O4/c1-18(2)5-4-6-27(24-11-19(9-10-34-24)29-25(36-17-41)14-37-38(29)3)39-16-35-23(13-28(39)42)21-12-20(31)7-8-26(21)40(33)15-22(32)30(43)44/h7-18,27H,4-6,32-33H2,1-3H3,(H,36,41)(H,43,44)/b22-15-. The number of aryl methyl sites for hydroxylation is 1. The molecule has 1 unspecified atom stereocenters. The average molecular weight is 620 g/mol. The van der Waals surface area contributed by atoms with Crippen molar-refractivity contribution in [3.63, 3.8) is 0 Å². The molecule has 230 valence electrons. The number of amides is 1. The number of pyridine rings is 1. The van der Waals surface area contributed by atoms with Crippen LogP contribution in [0.1, 0.15) is 44.8 Å². The van der Waals surface area contributed by atoms with Crippen LogP contribution in [-0.4, -0.2) is 41.8 Å². The molecule has 1 atom stereocenters. The predicted octanol–water partition coefficient (Wildman–Crippen LogP) is 3.91. The van der Waals surface area contributed by atoms with Gasteiger partial charge in [0.15, 0.2) is 0 Å². The molecule has 3 aromatic heterocycles. The maximum absolute atomic E-state index is 13.7. The summed E-state index contributed by atoms with van der Waals surface area (Å²) in [6, 6.07) is 9.37. The van der Waals surface area contributed by atoms with Gasteiger partial charge in [-0.15, -0.1) is 0 Å². The number of aromatic nitrogens is 5. The van der Waals surface area contributed by atoms with Gasteiger partial charge in [-0.3, -0.25) is 28.8 Å². The van der Waals surface area contributed by atoms with E-state index < -0.39 is 17.7 Å². The maximum atomic E-state index is 13.7. The summed E-state index contributed by atoms with van der Waals surface area (Å²) in [6.07, 6.45) is 8.75. The number of rotatable bonds is 13.